The Morgan fingerprint density at radius 3 is 3.04 bits per heavy atom. The zero-order chi connectivity index (χ0) is 16.8. The Kier molecular flexibility index (Phi) is 4.99. The molecule has 7 heteroatoms. The molecule has 0 radical (unpaired) electrons. The zero-order valence-electron chi connectivity index (χ0n) is 13.0. The van der Waals surface area contributed by atoms with Crippen molar-refractivity contribution >= 4 is 17.4 Å². The number of ether oxygens (including phenoxy) is 1. The summed E-state index contributed by atoms with van der Waals surface area (Å²) in [6.45, 7) is 1.44. The summed E-state index contributed by atoms with van der Waals surface area (Å²) >= 11 is 0. The summed E-state index contributed by atoms with van der Waals surface area (Å²) in [7, 11) is 0. The summed E-state index contributed by atoms with van der Waals surface area (Å²) < 4.78 is 5.54. The molecule has 1 saturated heterocycles. The lowest BCUT2D eigenvalue weighted by molar-refractivity contribution is 0.102. The first-order valence-electron chi connectivity index (χ1n) is 7.74. The second-order valence-electron chi connectivity index (χ2n) is 5.42. The normalized spacial score (nSPS) is 16.4. The van der Waals surface area contributed by atoms with E-state index in [0.717, 1.165) is 19.4 Å². The van der Waals surface area contributed by atoms with Gasteiger partial charge >= 0.3 is 0 Å². The largest absolute Gasteiger partial charge is 0.376 e. The van der Waals surface area contributed by atoms with Crippen molar-refractivity contribution in [1.29, 1.82) is 5.26 Å². The number of aromatic nitrogens is 2. The molecule has 1 amide bonds. The lowest BCUT2D eigenvalue weighted by Crippen LogP contribution is -2.20. The number of para-hydroxylation sites is 1. The molecule has 1 aromatic heterocycles. The van der Waals surface area contributed by atoms with Crippen LogP contribution in [0.4, 0.5) is 11.5 Å². The Bertz CT molecular complexity index is 766. The molecular formula is C17H17N5O2. The highest BCUT2D eigenvalue weighted by Crippen LogP contribution is 2.16. The van der Waals surface area contributed by atoms with E-state index in [-0.39, 0.29) is 17.7 Å². The summed E-state index contributed by atoms with van der Waals surface area (Å²) in [5, 5.41) is 14.9. The number of hydrogen-bond acceptors (Lipinski definition) is 6. The molecule has 1 unspecified atom stereocenters. The van der Waals surface area contributed by atoms with E-state index >= 15 is 0 Å². The van der Waals surface area contributed by atoms with Crippen molar-refractivity contribution in [3.8, 4) is 6.07 Å². The Labute approximate surface area is 139 Å². The van der Waals surface area contributed by atoms with Gasteiger partial charge in [0, 0.05) is 19.2 Å². The predicted molar refractivity (Wildman–Crippen MR) is 88.6 cm³/mol. The van der Waals surface area contributed by atoms with E-state index in [1.165, 1.54) is 6.33 Å². The van der Waals surface area contributed by atoms with Gasteiger partial charge in [-0.2, -0.15) is 5.26 Å². The number of hydrogen-bond donors (Lipinski definition) is 2. The fraction of sp³-hybridized carbons (Fsp3) is 0.294. The van der Waals surface area contributed by atoms with Crippen molar-refractivity contribution < 1.29 is 9.53 Å². The standard InChI is InChI=1S/C17H17N5O2/c18-9-12-4-1-2-6-14(12)22-17(23)15-8-16(21-11-20-15)19-10-13-5-3-7-24-13/h1-2,4,6,8,11,13H,3,5,7,10H2,(H,22,23)(H,19,20,21). The number of nitrogens with zero attached hydrogens (tertiary/aromatic N) is 3. The Morgan fingerprint density at radius 1 is 1.38 bits per heavy atom. The number of rotatable bonds is 5. The highest BCUT2D eigenvalue weighted by molar-refractivity contribution is 6.03. The molecule has 0 saturated carbocycles. The van der Waals surface area contributed by atoms with Crippen LogP contribution < -0.4 is 10.6 Å². The van der Waals surface area contributed by atoms with Gasteiger partial charge in [0.2, 0.25) is 0 Å². The molecule has 2 N–H and O–H groups in total. The Balaban J connectivity index is 1.66. The summed E-state index contributed by atoms with van der Waals surface area (Å²) in [5.41, 5.74) is 1.08. The molecule has 0 bridgehead atoms. The van der Waals surface area contributed by atoms with E-state index in [1.54, 1.807) is 30.3 Å². The van der Waals surface area contributed by atoms with Crippen molar-refractivity contribution in [3.05, 3.63) is 47.9 Å². The van der Waals surface area contributed by atoms with Crippen molar-refractivity contribution in [1.82, 2.24) is 9.97 Å². The van der Waals surface area contributed by atoms with Gasteiger partial charge in [0.05, 0.1) is 17.4 Å². The number of nitrogens with one attached hydrogen (secondary N) is 2. The number of benzene rings is 1. The molecule has 0 spiro atoms. The summed E-state index contributed by atoms with van der Waals surface area (Å²) in [6.07, 6.45) is 3.61. The number of anilines is 2. The van der Waals surface area contributed by atoms with Gasteiger partial charge in [0.1, 0.15) is 23.9 Å². The van der Waals surface area contributed by atoms with Crippen molar-refractivity contribution in [2.24, 2.45) is 0 Å². The Morgan fingerprint density at radius 2 is 2.25 bits per heavy atom. The van der Waals surface area contributed by atoms with Gasteiger partial charge in [-0.3, -0.25) is 4.79 Å². The molecule has 122 valence electrons. The molecule has 3 rings (SSSR count). The van der Waals surface area contributed by atoms with Gasteiger partial charge < -0.3 is 15.4 Å². The highest BCUT2D eigenvalue weighted by atomic mass is 16.5. The van der Waals surface area contributed by atoms with Gasteiger partial charge in [-0.05, 0) is 25.0 Å². The van der Waals surface area contributed by atoms with Gasteiger partial charge in [0.15, 0.2) is 0 Å². The molecule has 1 fully saturated rings. The third kappa shape index (κ3) is 3.86. The lowest BCUT2D eigenvalue weighted by atomic mass is 10.2. The summed E-state index contributed by atoms with van der Waals surface area (Å²) in [6, 6.07) is 10.4. The quantitative estimate of drug-likeness (QED) is 0.875. The van der Waals surface area contributed by atoms with E-state index < -0.39 is 0 Å². The molecule has 0 aliphatic carbocycles. The smallest absolute Gasteiger partial charge is 0.274 e. The van der Waals surface area contributed by atoms with E-state index in [4.69, 9.17) is 10.00 Å². The Hall–Kier alpha value is -2.98. The minimum Gasteiger partial charge on any atom is -0.376 e. The summed E-state index contributed by atoms with van der Waals surface area (Å²) in [4.78, 5) is 20.4. The third-order valence-corrected chi connectivity index (χ3v) is 3.73. The molecule has 1 aliphatic rings. The molecule has 7 nitrogen and oxygen atoms in total. The van der Waals surface area contributed by atoms with Gasteiger partial charge in [-0.15, -0.1) is 0 Å². The van der Waals surface area contributed by atoms with Crippen LogP contribution in [0.25, 0.3) is 0 Å². The fourth-order valence-corrected chi connectivity index (χ4v) is 2.48. The number of carbonyl (C=O) groups excluding carboxylic acids is 1. The van der Waals surface area contributed by atoms with Crippen LogP contribution in [-0.2, 0) is 4.74 Å². The molecule has 24 heavy (non-hydrogen) atoms. The van der Waals surface area contributed by atoms with Gasteiger partial charge in [-0.1, -0.05) is 12.1 Å². The topological polar surface area (TPSA) is 99.9 Å². The van der Waals surface area contributed by atoms with E-state index in [9.17, 15) is 4.79 Å². The van der Waals surface area contributed by atoms with Gasteiger partial charge in [-0.25, -0.2) is 9.97 Å². The second kappa shape index (κ2) is 7.53. The average molecular weight is 323 g/mol. The van der Waals surface area contributed by atoms with Crippen molar-refractivity contribution in [3.63, 3.8) is 0 Å². The van der Waals surface area contributed by atoms with Crippen LogP contribution in [0.3, 0.4) is 0 Å². The maximum atomic E-state index is 12.3. The maximum Gasteiger partial charge on any atom is 0.274 e. The van der Waals surface area contributed by atoms with Crippen LogP contribution in [0.5, 0.6) is 0 Å². The average Bonchev–Trinajstić information content (AvgIpc) is 3.14. The molecule has 1 atom stereocenters. The van der Waals surface area contributed by atoms with Crippen molar-refractivity contribution in [2.45, 2.75) is 18.9 Å². The minimum atomic E-state index is -0.389. The highest BCUT2D eigenvalue weighted by Gasteiger charge is 2.16. The van der Waals surface area contributed by atoms with Crippen LogP contribution in [0.1, 0.15) is 28.9 Å². The number of amides is 1. The fourth-order valence-electron chi connectivity index (χ4n) is 2.48. The van der Waals surface area contributed by atoms with Crippen LogP contribution in [-0.4, -0.2) is 35.1 Å². The van der Waals surface area contributed by atoms with Crippen LogP contribution in [0.2, 0.25) is 0 Å². The van der Waals surface area contributed by atoms with E-state index in [1.807, 2.05) is 6.07 Å². The molecule has 1 aromatic carbocycles. The van der Waals surface area contributed by atoms with Gasteiger partial charge in [0.25, 0.3) is 5.91 Å². The monoisotopic (exact) mass is 323 g/mol. The first kappa shape index (κ1) is 15.9. The van der Waals surface area contributed by atoms with Crippen LogP contribution >= 0.6 is 0 Å². The predicted octanol–water partition coefficient (Wildman–Crippen LogP) is 2.19. The van der Waals surface area contributed by atoms with Crippen LogP contribution in [0, 0.1) is 11.3 Å². The molecular weight excluding hydrogens is 306 g/mol. The van der Waals surface area contributed by atoms with Crippen molar-refractivity contribution in [2.75, 3.05) is 23.8 Å². The van der Waals surface area contributed by atoms with E-state index in [0.29, 0.717) is 23.6 Å². The lowest BCUT2D eigenvalue weighted by Gasteiger charge is -2.11. The SMILES string of the molecule is N#Cc1ccccc1NC(=O)c1cc(NCC2CCCO2)ncn1. The number of carbonyl (C=O) groups is 1. The first-order valence-corrected chi connectivity index (χ1v) is 7.74. The first-order chi connectivity index (χ1) is 11.8. The molecule has 2 aromatic rings. The van der Waals surface area contributed by atoms with E-state index in [2.05, 4.69) is 20.6 Å². The molecule has 2 heterocycles. The summed E-state index contributed by atoms with van der Waals surface area (Å²) in [5.74, 6) is 0.180. The third-order valence-electron chi connectivity index (χ3n) is 3.73. The minimum absolute atomic E-state index is 0.180. The maximum absolute atomic E-state index is 12.3. The second-order valence-corrected chi connectivity index (χ2v) is 5.42. The number of nitriles is 1. The zero-order valence-corrected chi connectivity index (χ0v) is 13.0. The van der Waals surface area contributed by atoms with Crippen LogP contribution in [0.15, 0.2) is 36.7 Å². The molecule has 1 aliphatic heterocycles.